The third-order valence-corrected chi connectivity index (χ3v) is 4.41. The first-order chi connectivity index (χ1) is 9.43. The molecular weight excluding hydrogens is 284 g/mol. The van der Waals surface area contributed by atoms with Gasteiger partial charge in [-0.05, 0) is 11.6 Å². The molecule has 0 bridgehead atoms. The molecule has 106 valence electrons. The minimum Gasteiger partial charge on any atom is -0.478 e. The largest absolute Gasteiger partial charge is 0.478 e. The Morgan fingerprint density at radius 3 is 2.80 bits per heavy atom. The maximum absolute atomic E-state index is 12.3. The Morgan fingerprint density at radius 1 is 1.45 bits per heavy atom. The van der Waals surface area contributed by atoms with Crippen LogP contribution < -0.4 is 0 Å². The Balaban J connectivity index is 2.30. The van der Waals surface area contributed by atoms with Crippen molar-refractivity contribution in [2.24, 2.45) is 0 Å². The number of rotatable bonds is 5. The number of sulfonamides is 1. The van der Waals surface area contributed by atoms with Crippen molar-refractivity contribution in [2.45, 2.75) is 11.6 Å². The molecule has 0 aromatic carbocycles. The third kappa shape index (κ3) is 2.68. The summed E-state index contributed by atoms with van der Waals surface area (Å²) in [5, 5.41) is 14.2. The van der Waals surface area contributed by atoms with E-state index in [1.54, 1.807) is 18.3 Å². The number of carboxylic acid groups (broad SMARTS) is 1. The first-order valence-electron chi connectivity index (χ1n) is 5.55. The first kappa shape index (κ1) is 14.2. The van der Waals surface area contributed by atoms with Gasteiger partial charge in [0.2, 0.25) is 0 Å². The standard InChI is InChI=1S/C11H12N4O4S/c1-15(7-8-3-2-4-12-5-8)20(18,19)10-9(11(16)17)6-13-14-10/h2-6H,7H2,1H3,(H,13,14)(H,16,17). The summed E-state index contributed by atoms with van der Waals surface area (Å²) in [6.07, 6.45) is 4.08. The number of aromatic amines is 1. The number of carbonyl (C=O) groups is 1. The number of aromatic nitrogens is 3. The van der Waals surface area contributed by atoms with Gasteiger partial charge in [-0.15, -0.1) is 0 Å². The summed E-state index contributed by atoms with van der Waals surface area (Å²) in [6, 6.07) is 3.42. The average Bonchev–Trinajstić information content (AvgIpc) is 2.89. The van der Waals surface area contributed by atoms with Crippen molar-refractivity contribution in [3.8, 4) is 0 Å². The predicted octanol–water partition coefficient (Wildman–Crippen LogP) is 0.324. The van der Waals surface area contributed by atoms with Gasteiger partial charge in [0.1, 0.15) is 5.56 Å². The monoisotopic (exact) mass is 296 g/mol. The lowest BCUT2D eigenvalue weighted by Gasteiger charge is -2.16. The Kier molecular flexibility index (Phi) is 3.81. The Bertz CT molecular complexity index is 711. The maximum Gasteiger partial charge on any atom is 0.340 e. The van der Waals surface area contributed by atoms with E-state index < -0.39 is 21.0 Å². The van der Waals surface area contributed by atoms with Gasteiger partial charge in [-0.2, -0.15) is 9.40 Å². The van der Waals surface area contributed by atoms with Crippen LogP contribution >= 0.6 is 0 Å². The van der Waals surface area contributed by atoms with E-state index in [1.165, 1.54) is 13.2 Å². The predicted molar refractivity (Wildman–Crippen MR) is 68.4 cm³/mol. The summed E-state index contributed by atoms with van der Waals surface area (Å²) in [5.41, 5.74) is 0.304. The van der Waals surface area contributed by atoms with E-state index in [0.717, 1.165) is 10.5 Å². The molecule has 2 rings (SSSR count). The van der Waals surface area contributed by atoms with E-state index >= 15 is 0 Å². The van der Waals surface area contributed by atoms with E-state index in [0.29, 0.717) is 5.56 Å². The third-order valence-electron chi connectivity index (χ3n) is 2.63. The number of aromatic carboxylic acids is 1. The number of carboxylic acids is 1. The van der Waals surface area contributed by atoms with Gasteiger partial charge in [-0.25, -0.2) is 13.2 Å². The van der Waals surface area contributed by atoms with Crippen LogP contribution in [0.5, 0.6) is 0 Å². The zero-order valence-electron chi connectivity index (χ0n) is 10.5. The molecular formula is C11H12N4O4S. The zero-order chi connectivity index (χ0) is 14.8. The van der Waals surface area contributed by atoms with Crippen molar-refractivity contribution in [1.82, 2.24) is 19.5 Å². The SMILES string of the molecule is CN(Cc1cccnc1)S(=O)(=O)c1[nH]ncc1C(=O)O. The molecule has 2 N–H and O–H groups in total. The van der Waals surface area contributed by atoms with Gasteiger partial charge >= 0.3 is 5.97 Å². The highest BCUT2D eigenvalue weighted by Gasteiger charge is 2.28. The van der Waals surface area contributed by atoms with Crippen LogP contribution in [0.3, 0.4) is 0 Å². The topological polar surface area (TPSA) is 116 Å². The van der Waals surface area contributed by atoms with Crippen LogP contribution in [-0.2, 0) is 16.6 Å². The summed E-state index contributed by atoms with van der Waals surface area (Å²) < 4.78 is 25.6. The Morgan fingerprint density at radius 2 is 2.20 bits per heavy atom. The zero-order valence-corrected chi connectivity index (χ0v) is 11.3. The number of hydrogen-bond donors (Lipinski definition) is 2. The van der Waals surface area contributed by atoms with Crippen molar-refractivity contribution in [3.63, 3.8) is 0 Å². The second-order valence-electron chi connectivity index (χ2n) is 4.04. The fraction of sp³-hybridized carbons (Fsp3) is 0.182. The van der Waals surface area contributed by atoms with Gasteiger partial charge in [0.15, 0.2) is 5.03 Å². The molecule has 0 aliphatic rings. The van der Waals surface area contributed by atoms with E-state index in [-0.39, 0.29) is 12.1 Å². The minimum atomic E-state index is -3.96. The van der Waals surface area contributed by atoms with Gasteiger partial charge < -0.3 is 5.11 Å². The molecule has 2 aromatic heterocycles. The second-order valence-corrected chi connectivity index (χ2v) is 6.02. The molecule has 20 heavy (non-hydrogen) atoms. The molecule has 8 nitrogen and oxygen atoms in total. The highest BCUT2D eigenvalue weighted by Crippen LogP contribution is 2.18. The Hall–Kier alpha value is -2.26. The Labute approximate surface area is 115 Å². The highest BCUT2D eigenvalue weighted by molar-refractivity contribution is 7.89. The molecule has 0 spiro atoms. The van der Waals surface area contributed by atoms with Crippen LogP contribution in [0, 0.1) is 0 Å². The van der Waals surface area contributed by atoms with Crippen molar-refractivity contribution in [3.05, 3.63) is 41.9 Å². The smallest absolute Gasteiger partial charge is 0.340 e. The average molecular weight is 296 g/mol. The van der Waals surface area contributed by atoms with Gasteiger partial charge in [0.25, 0.3) is 10.0 Å². The molecule has 9 heteroatoms. The van der Waals surface area contributed by atoms with Crippen molar-refractivity contribution in [2.75, 3.05) is 7.05 Å². The number of hydrogen-bond acceptors (Lipinski definition) is 5. The van der Waals surface area contributed by atoms with E-state index in [9.17, 15) is 13.2 Å². The van der Waals surface area contributed by atoms with Crippen molar-refractivity contribution < 1.29 is 18.3 Å². The van der Waals surface area contributed by atoms with E-state index in [4.69, 9.17) is 5.11 Å². The normalized spacial score (nSPS) is 11.7. The van der Waals surface area contributed by atoms with Gasteiger partial charge in [-0.1, -0.05) is 6.07 Å². The minimum absolute atomic E-state index is 0.0776. The van der Waals surface area contributed by atoms with Crippen LogP contribution in [0.25, 0.3) is 0 Å². The number of H-pyrrole nitrogens is 1. The van der Waals surface area contributed by atoms with Crippen molar-refractivity contribution >= 4 is 16.0 Å². The number of pyridine rings is 1. The van der Waals surface area contributed by atoms with Crippen LogP contribution in [-0.4, -0.2) is 46.0 Å². The fourth-order valence-electron chi connectivity index (χ4n) is 1.61. The van der Waals surface area contributed by atoms with Gasteiger partial charge in [0.05, 0.1) is 6.20 Å². The summed E-state index contributed by atoms with van der Waals surface area (Å²) in [4.78, 5) is 14.9. The highest BCUT2D eigenvalue weighted by atomic mass is 32.2. The van der Waals surface area contributed by atoms with Gasteiger partial charge in [0, 0.05) is 26.0 Å². The molecule has 0 saturated carbocycles. The molecule has 0 fully saturated rings. The molecule has 0 unspecified atom stereocenters. The van der Waals surface area contributed by atoms with Gasteiger partial charge in [-0.3, -0.25) is 10.1 Å². The molecule has 2 heterocycles. The van der Waals surface area contributed by atoms with Crippen molar-refractivity contribution in [1.29, 1.82) is 0 Å². The molecule has 0 saturated heterocycles. The summed E-state index contributed by atoms with van der Waals surface area (Å²) >= 11 is 0. The van der Waals surface area contributed by atoms with Crippen LogP contribution in [0.2, 0.25) is 0 Å². The van der Waals surface area contributed by atoms with Crippen LogP contribution in [0.1, 0.15) is 15.9 Å². The number of nitrogens with zero attached hydrogens (tertiary/aromatic N) is 3. The summed E-state index contributed by atoms with van der Waals surface area (Å²) in [7, 11) is -2.61. The lowest BCUT2D eigenvalue weighted by atomic mass is 10.3. The summed E-state index contributed by atoms with van der Waals surface area (Å²) in [6.45, 7) is 0.0776. The summed E-state index contributed by atoms with van der Waals surface area (Å²) in [5.74, 6) is -1.35. The molecule has 0 radical (unpaired) electrons. The molecule has 0 atom stereocenters. The second kappa shape index (κ2) is 5.39. The van der Waals surface area contributed by atoms with E-state index in [2.05, 4.69) is 15.2 Å². The lowest BCUT2D eigenvalue weighted by molar-refractivity contribution is 0.0692. The molecule has 0 aliphatic carbocycles. The quantitative estimate of drug-likeness (QED) is 0.821. The molecule has 0 amide bonds. The lowest BCUT2D eigenvalue weighted by Crippen LogP contribution is -2.28. The molecule has 0 aliphatic heterocycles. The maximum atomic E-state index is 12.3. The molecule has 2 aromatic rings. The fourth-order valence-corrected chi connectivity index (χ4v) is 2.83. The first-order valence-corrected chi connectivity index (χ1v) is 6.99. The van der Waals surface area contributed by atoms with Crippen LogP contribution in [0.15, 0.2) is 35.7 Å². The van der Waals surface area contributed by atoms with Crippen LogP contribution in [0.4, 0.5) is 0 Å². The number of nitrogens with one attached hydrogen (secondary N) is 1. The van der Waals surface area contributed by atoms with E-state index in [1.807, 2.05) is 0 Å².